The second-order valence-corrected chi connectivity index (χ2v) is 10.5. The normalized spacial score (nSPS) is 14.7. The number of hydrogen-bond donors (Lipinski definition) is 1. The largest absolute Gasteiger partial charge is 0.497 e. The number of pyridine rings is 1. The Morgan fingerprint density at radius 2 is 1.73 bits per heavy atom. The van der Waals surface area contributed by atoms with E-state index < -0.39 is 0 Å². The van der Waals surface area contributed by atoms with Crippen molar-refractivity contribution in [3.63, 3.8) is 0 Å². The van der Waals surface area contributed by atoms with Crippen LogP contribution in [-0.4, -0.2) is 56.2 Å². The zero-order chi connectivity index (χ0) is 26.4. The first-order valence-electron chi connectivity index (χ1n) is 12.8. The van der Waals surface area contributed by atoms with Crippen molar-refractivity contribution in [2.45, 2.75) is 39.2 Å². The zero-order valence-electron chi connectivity index (χ0n) is 22.6. The summed E-state index contributed by atoms with van der Waals surface area (Å²) in [7, 11) is 3.36. The Kier molecular flexibility index (Phi) is 8.34. The summed E-state index contributed by atoms with van der Waals surface area (Å²) >= 11 is 0. The first-order chi connectivity index (χ1) is 17.8. The molecule has 1 saturated heterocycles. The molecule has 0 atom stereocenters. The van der Waals surface area contributed by atoms with E-state index in [9.17, 15) is 4.79 Å². The predicted octanol–water partition coefficient (Wildman–Crippen LogP) is 5.36. The Morgan fingerprint density at radius 3 is 2.38 bits per heavy atom. The first-order valence-corrected chi connectivity index (χ1v) is 12.8. The molecule has 1 aliphatic heterocycles. The van der Waals surface area contributed by atoms with Crippen LogP contribution in [0.2, 0.25) is 0 Å². The Bertz CT molecular complexity index is 1190. The van der Waals surface area contributed by atoms with E-state index in [0.29, 0.717) is 11.3 Å². The fraction of sp³-hybridized carbons (Fsp3) is 0.400. The molecule has 196 valence electrons. The maximum Gasteiger partial charge on any atom is 0.255 e. The molecule has 4 rings (SSSR count). The molecule has 2 aromatic carbocycles. The lowest BCUT2D eigenvalue weighted by molar-refractivity contribution is 0.102. The van der Waals surface area contributed by atoms with Gasteiger partial charge in [0, 0.05) is 49.9 Å². The third-order valence-electron chi connectivity index (χ3n) is 6.82. The fourth-order valence-electron chi connectivity index (χ4n) is 4.55. The minimum atomic E-state index is -0.130. The van der Waals surface area contributed by atoms with Crippen molar-refractivity contribution in [3.8, 4) is 11.5 Å². The van der Waals surface area contributed by atoms with Crippen LogP contribution in [-0.2, 0) is 12.0 Å². The summed E-state index contributed by atoms with van der Waals surface area (Å²) in [6, 6.07) is 17.7. The van der Waals surface area contributed by atoms with E-state index in [0.717, 1.165) is 62.0 Å². The quantitative estimate of drug-likeness (QED) is 0.469. The number of carbonyl (C=O) groups is 1. The van der Waals surface area contributed by atoms with E-state index >= 15 is 0 Å². The van der Waals surface area contributed by atoms with E-state index in [1.165, 1.54) is 5.56 Å². The van der Waals surface area contributed by atoms with Gasteiger partial charge < -0.3 is 19.7 Å². The summed E-state index contributed by atoms with van der Waals surface area (Å²) in [6.45, 7) is 11.1. The van der Waals surface area contributed by atoms with Gasteiger partial charge in [-0.2, -0.15) is 0 Å². The van der Waals surface area contributed by atoms with Crippen molar-refractivity contribution in [2.75, 3.05) is 50.6 Å². The molecule has 0 unspecified atom stereocenters. The fourth-order valence-corrected chi connectivity index (χ4v) is 4.55. The smallest absolute Gasteiger partial charge is 0.255 e. The Labute approximate surface area is 220 Å². The van der Waals surface area contributed by atoms with Gasteiger partial charge in [0.05, 0.1) is 26.1 Å². The van der Waals surface area contributed by atoms with Gasteiger partial charge in [0.1, 0.15) is 17.3 Å². The molecule has 1 fully saturated rings. The number of ether oxygens (including phenoxy) is 2. The second-order valence-electron chi connectivity index (χ2n) is 10.5. The lowest BCUT2D eigenvalue weighted by atomic mass is 9.87. The van der Waals surface area contributed by atoms with Crippen LogP contribution in [0.1, 0.15) is 48.7 Å². The van der Waals surface area contributed by atoms with Gasteiger partial charge in [-0.15, -0.1) is 0 Å². The maximum atomic E-state index is 12.7. The molecule has 0 saturated carbocycles. The summed E-state index contributed by atoms with van der Waals surface area (Å²) in [5, 5.41) is 2.96. The lowest BCUT2D eigenvalue weighted by Gasteiger charge is -2.23. The number of aromatic nitrogens is 1. The van der Waals surface area contributed by atoms with Crippen LogP contribution < -0.4 is 19.7 Å². The predicted molar refractivity (Wildman–Crippen MR) is 149 cm³/mol. The van der Waals surface area contributed by atoms with E-state index in [4.69, 9.17) is 9.47 Å². The topological polar surface area (TPSA) is 66.9 Å². The van der Waals surface area contributed by atoms with Crippen molar-refractivity contribution >= 4 is 17.4 Å². The van der Waals surface area contributed by atoms with Crippen molar-refractivity contribution < 1.29 is 14.3 Å². The van der Waals surface area contributed by atoms with Crippen molar-refractivity contribution in [2.24, 2.45) is 0 Å². The van der Waals surface area contributed by atoms with Crippen LogP contribution in [0.4, 0.5) is 11.5 Å². The molecule has 0 aliphatic carbocycles. The highest BCUT2D eigenvalue weighted by Gasteiger charge is 2.18. The lowest BCUT2D eigenvalue weighted by Crippen LogP contribution is -2.31. The Hall–Kier alpha value is -3.58. The van der Waals surface area contributed by atoms with E-state index in [-0.39, 0.29) is 11.3 Å². The summed E-state index contributed by atoms with van der Waals surface area (Å²) < 4.78 is 10.9. The second kappa shape index (κ2) is 11.6. The van der Waals surface area contributed by atoms with Gasteiger partial charge in [0.25, 0.3) is 5.91 Å². The molecule has 2 heterocycles. The molecule has 1 aliphatic rings. The minimum absolute atomic E-state index is 0.0572. The van der Waals surface area contributed by atoms with E-state index in [1.54, 1.807) is 20.4 Å². The molecule has 37 heavy (non-hydrogen) atoms. The number of amides is 1. The highest BCUT2D eigenvalue weighted by molar-refractivity contribution is 6.04. The summed E-state index contributed by atoms with van der Waals surface area (Å²) in [4.78, 5) is 22.1. The summed E-state index contributed by atoms with van der Waals surface area (Å²) in [5.74, 6) is 2.45. The van der Waals surface area contributed by atoms with Crippen LogP contribution in [0, 0.1) is 0 Å². The van der Waals surface area contributed by atoms with Crippen LogP contribution in [0.15, 0.2) is 60.8 Å². The standard InChI is InChI=1S/C30H38N4O3/c1-30(2,3)24-10-7-22(8-11-24)29(35)32-25-12-14-28(31-20-25)34-16-6-15-33(17-18-34)21-23-9-13-26(36-4)19-27(23)37-5/h7-14,19-20H,6,15-18,21H2,1-5H3,(H,32,35). The van der Waals surface area contributed by atoms with Crippen LogP contribution >= 0.6 is 0 Å². The number of anilines is 2. The Morgan fingerprint density at radius 1 is 0.946 bits per heavy atom. The van der Waals surface area contributed by atoms with Gasteiger partial charge in [-0.3, -0.25) is 9.69 Å². The average Bonchev–Trinajstić information content (AvgIpc) is 3.14. The number of nitrogens with one attached hydrogen (secondary N) is 1. The summed E-state index contributed by atoms with van der Waals surface area (Å²) in [6.07, 6.45) is 2.78. The molecule has 7 heteroatoms. The van der Waals surface area contributed by atoms with Crippen LogP contribution in [0.3, 0.4) is 0 Å². The molecule has 0 spiro atoms. The molecule has 1 N–H and O–H groups in total. The SMILES string of the molecule is COc1ccc(CN2CCCN(c3ccc(NC(=O)c4ccc(C(C)(C)C)cc4)cn3)CC2)c(OC)c1. The van der Waals surface area contributed by atoms with Crippen molar-refractivity contribution in [3.05, 3.63) is 77.5 Å². The first kappa shape index (κ1) is 26.5. The zero-order valence-corrected chi connectivity index (χ0v) is 22.6. The van der Waals surface area contributed by atoms with Gasteiger partial charge in [-0.1, -0.05) is 39.0 Å². The van der Waals surface area contributed by atoms with Gasteiger partial charge in [0.15, 0.2) is 0 Å². The number of rotatable bonds is 7. The minimum Gasteiger partial charge on any atom is -0.497 e. The van der Waals surface area contributed by atoms with E-state index in [1.807, 2.05) is 48.5 Å². The molecule has 1 aromatic heterocycles. The molecule has 0 radical (unpaired) electrons. The van der Waals surface area contributed by atoms with E-state index in [2.05, 4.69) is 46.9 Å². The van der Waals surface area contributed by atoms with Crippen LogP contribution in [0.5, 0.6) is 11.5 Å². The number of benzene rings is 2. The molecule has 1 amide bonds. The van der Waals surface area contributed by atoms with Gasteiger partial charge in [-0.05, 0) is 47.7 Å². The number of hydrogen-bond acceptors (Lipinski definition) is 6. The number of carbonyl (C=O) groups excluding carboxylic acids is 1. The van der Waals surface area contributed by atoms with Crippen molar-refractivity contribution in [1.29, 1.82) is 0 Å². The number of methoxy groups -OCH3 is 2. The Balaban J connectivity index is 1.33. The molecule has 3 aromatic rings. The van der Waals surface area contributed by atoms with Gasteiger partial charge in [0.2, 0.25) is 0 Å². The third kappa shape index (κ3) is 6.80. The molecular weight excluding hydrogens is 464 g/mol. The third-order valence-corrected chi connectivity index (χ3v) is 6.82. The highest BCUT2D eigenvalue weighted by Crippen LogP contribution is 2.27. The average molecular weight is 503 g/mol. The number of nitrogens with zero attached hydrogens (tertiary/aromatic N) is 3. The molecular formula is C30H38N4O3. The van der Waals surface area contributed by atoms with Crippen LogP contribution in [0.25, 0.3) is 0 Å². The summed E-state index contributed by atoms with van der Waals surface area (Å²) in [5.41, 5.74) is 3.74. The highest BCUT2D eigenvalue weighted by atomic mass is 16.5. The molecule has 0 bridgehead atoms. The molecule has 7 nitrogen and oxygen atoms in total. The maximum absolute atomic E-state index is 12.7. The van der Waals surface area contributed by atoms with Gasteiger partial charge >= 0.3 is 0 Å². The van der Waals surface area contributed by atoms with Gasteiger partial charge in [-0.25, -0.2) is 4.98 Å². The van der Waals surface area contributed by atoms with Crippen molar-refractivity contribution in [1.82, 2.24) is 9.88 Å². The monoisotopic (exact) mass is 502 g/mol.